The van der Waals surface area contributed by atoms with Gasteiger partial charge in [-0.15, -0.1) is 0 Å². The molecule has 0 unspecified atom stereocenters. The number of aliphatic hydroxyl groups is 3. The Labute approximate surface area is 66.2 Å². The van der Waals surface area contributed by atoms with Gasteiger partial charge in [0.25, 0.3) is 0 Å². The zero-order valence-electron chi connectivity index (χ0n) is 6.69. The van der Waals surface area contributed by atoms with Crippen LogP contribution < -0.4 is 0 Å². The predicted octanol–water partition coefficient (Wildman–Crippen LogP) is -2.55. The first kappa shape index (κ1) is 9.00. The van der Waals surface area contributed by atoms with Gasteiger partial charge in [0.2, 0.25) is 0 Å². The van der Waals surface area contributed by atoms with Gasteiger partial charge in [-0.3, -0.25) is 0 Å². The molecule has 4 atom stereocenters. The molecule has 1 heterocycles. The highest BCUT2D eigenvalue weighted by molar-refractivity contribution is 6.11. The quantitative estimate of drug-likeness (QED) is 0.369. The van der Waals surface area contributed by atoms with Crippen LogP contribution in [0, 0.1) is 0 Å². The summed E-state index contributed by atoms with van der Waals surface area (Å²) in [6.07, 6.45) is -1.59. The van der Waals surface area contributed by atoms with Crippen LogP contribution in [0.4, 0.5) is 0 Å². The molecule has 0 bridgehead atoms. The van der Waals surface area contributed by atoms with Crippen molar-refractivity contribution in [3.05, 3.63) is 0 Å². The van der Waals surface area contributed by atoms with E-state index in [0.717, 1.165) is 0 Å². The Morgan fingerprint density at radius 2 is 2.18 bits per heavy atom. The fourth-order valence-electron chi connectivity index (χ4n) is 1.36. The molecule has 1 saturated heterocycles. The first-order valence-corrected chi connectivity index (χ1v) is 3.67. The number of rotatable bonds is 1. The Bertz CT molecular complexity index is 150. The molecule has 0 aliphatic carbocycles. The fourth-order valence-corrected chi connectivity index (χ4v) is 1.36. The molecule has 1 fully saturated rings. The highest BCUT2D eigenvalue weighted by Crippen LogP contribution is 2.28. The summed E-state index contributed by atoms with van der Waals surface area (Å²) in [7, 11) is 1.66. The molecule has 0 radical (unpaired) electrons. The first-order chi connectivity index (χ1) is 5.00. The maximum atomic E-state index is 9.56. The summed E-state index contributed by atoms with van der Waals surface area (Å²) in [5.41, 5.74) is -1.33. The summed E-state index contributed by atoms with van der Waals surface area (Å²) in [5, 5.41) is 27.6. The van der Waals surface area contributed by atoms with Gasteiger partial charge < -0.3 is 20.1 Å². The lowest BCUT2D eigenvalue weighted by atomic mass is 9.86. The molecule has 4 nitrogen and oxygen atoms in total. The molecule has 1 aliphatic heterocycles. The molecular formula is C6H13BO4. The van der Waals surface area contributed by atoms with Crippen molar-refractivity contribution in [3.8, 4) is 0 Å². The van der Waals surface area contributed by atoms with Gasteiger partial charge in [-0.05, 0) is 6.92 Å². The van der Waals surface area contributed by atoms with Gasteiger partial charge in [0.05, 0.1) is 12.6 Å². The van der Waals surface area contributed by atoms with Gasteiger partial charge >= 0.3 is 0 Å². The van der Waals surface area contributed by atoms with Gasteiger partial charge in [-0.2, -0.15) is 0 Å². The summed E-state index contributed by atoms with van der Waals surface area (Å²) in [6, 6.07) is -0.415. The van der Waals surface area contributed by atoms with Gasteiger partial charge in [0, 0.05) is 0 Å². The molecule has 5 heteroatoms. The highest BCUT2D eigenvalue weighted by atomic mass is 16.6. The van der Waals surface area contributed by atoms with Crippen molar-refractivity contribution in [3.63, 3.8) is 0 Å². The third kappa shape index (κ3) is 1.29. The predicted molar refractivity (Wildman–Crippen MR) is 40.9 cm³/mol. The summed E-state index contributed by atoms with van der Waals surface area (Å²) in [6.45, 7) is 1.19. The molecular weight excluding hydrogens is 147 g/mol. The Balaban J connectivity index is 2.74. The Morgan fingerprint density at radius 3 is 2.36 bits per heavy atom. The molecule has 1 aliphatic rings. The largest absolute Gasteiger partial charge is 0.394 e. The molecule has 1 rings (SSSR count). The van der Waals surface area contributed by atoms with E-state index in [1.165, 1.54) is 6.92 Å². The van der Waals surface area contributed by atoms with Crippen molar-refractivity contribution in [1.29, 1.82) is 0 Å². The number of hydrogen-bond donors (Lipinski definition) is 3. The van der Waals surface area contributed by atoms with Gasteiger partial charge in [0.15, 0.2) is 0 Å². The summed E-state index contributed by atoms with van der Waals surface area (Å²) >= 11 is 0. The number of ether oxygens (including phenoxy) is 1. The molecule has 3 N–H and O–H groups in total. The molecule has 64 valence electrons. The van der Waals surface area contributed by atoms with Crippen molar-refractivity contribution >= 4 is 7.85 Å². The van der Waals surface area contributed by atoms with E-state index in [-0.39, 0.29) is 6.61 Å². The van der Waals surface area contributed by atoms with E-state index in [1.54, 1.807) is 7.85 Å². The van der Waals surface area contributed by atoms with Crippen LogP contribution in [-0.2, 0) is 4.74 Å². The van der Waals surface area contributed by atoms with Crippen LogP contribution in [0.15, 0.2) is 0 Å². The fraction of sp³-hybridized carbons (Fsp3) is 1.00. The molecule has 0 aromatic heterocycles. The highest BCUT2D eigenvalue weighted by Gasteiger charge is 2.49. The summed E-state index contributed by atoms with van der Waals surface area (Å²) < 4.78 is 5.09. The molecule has 11 heavy (non-hydrogen) atoms. The molecule has 0 amide bonds. The van der Waals surface area contributed by atoms with Crippen molar-refractivity contribution in [2.75, 3.05) is 6.61 Å². The van der Waals surface area contributed by atoms with E-state index >= 15 is 0 Å². The smallest absolute Gasteiger partial charge is 0.142 e. The third-order valence-electron chi connectivity index (χ3n) is 2.24. The van der Waals surface area contributed by atoms with E-state index in [1.807, 2.05) is 0 Å². The maximum absolute atomic E-state index is 9.56. The second kappa shape index (κ2) is 2.75. The van der Waals surface area contributed by atoms with Gasteiger partial charge in [-0.25, -0.2) is 0 Å². The van der Waals surface area contributed by atoms with Crippen LogP contribution in [0.5, 0.6) is 0 Å². The Hall–Kier alpha value is -0.0951. The Kier molecular flexibility index (Phi) is 2.25. The minimum absolute atomic E-state index is 0.269. The van der Waals surface area contributed by atoms with E-state index in [2.05, 4.69) is 0 Å². The topological polar surface area (TPSA) is 69.9 Å². The zero-order chi connectivity index (χ0) is 8.65. The molecule has 0 saturated carbocycles. The average molecular weight is 160 g/mol. The monoisotopic (exact) mass is 160 g/mol. The van der Waals surface area contributed by atoms with E-state index < -0.39 is 23.8 Å². The second-order valence-electron chi connectivity index (χ2n) is 3.18. The zero-order valence-corrected chi connectivity index (χ0v) is 6.69. The van der Waals surface area contributed by atoms with Gasteiger partial charge in [-0.1, -0.05) is 0 Å². The molecule has 0 aromatic carbocycles. The first-order valence-electron chi connectivity index (χ1n) is 3.67. The SMILES string of the molecule is B[C@@H]1O[C@H](CO)[C@](C)(O)[C@H]1O. The lowest BCUT2D eigenvalue weighted by molar-refractivity contribution is -0.0790. The normalized spacial score (nSPS) is 51.5. The van der Waals surface area contributed by atoms with E-state index in [0.29, 0.717) is 0 Å². The minimum atomic E-state index is -1.33. The van der Waals surface area contributed by atoms with E-state index in [4.69, 9.17) is 9.84 Å². The van der Waals surface area contributed by atoms with Crippen LogP contribution in [-0.4, -0.2) is 53.6 Å². The Morgan fingerprint density at radius 1 is 1.64 bits per heavy atom. The second-order valence-corrected chi connectivity index (χ2v) is 3.18. The molecule has 0 aromatic rings. The van der Waals surface area contributed by atoms with Crippen molar-refractivity contribution < 1.29 is 20.1 Å². The minimum Gasteiger partial charge on any atom is -0.394 e. The average Bonchev–Trinajstić information content (AvgIpc) is 2.13. The van der Waals surface area contributed by atoms with Crippen molar-refractivity contribution in [2.24, 2.45) is 0 Å². The summed E-state index contributed by atoms with van der Waals surface area (Å²) in [4.78, 5) is 0. The number of hydrogen-bond acceptors (Lipinski definition) is 4. The molecule has 0 spiro atoms. The maximum Gasteiger partial charge on any atom is 0.142 e. The van der Waals surface area contributed by atoms with Crippen LogP contribution in [0.2, 0.25) is 0 Å². The van der Waals surface area contributed by atoms with Gasteiger partial charge in [0.1, 0.15) is 25.7 Å². The summed E-state index contributed by atoms with van der Waals surface area (Å²) in [5.74, 6) is 0. The van der Waals surface area contributed by atoms with Crippen molar-refractivity contribution in [2.45, 2.75) is 30.7 Å². The number of aliphatic hydroxyl groups excluding tert-OH is 2. The van der Waals surface area contributed by atoms with Crippen LogP contribution in [0.25, 0.3) is 0 Å². The lowest BCUT2D eigenvalue weighted by Gasteiger charge is -2.24. The lowest BCUT2D eigenvalue weighted by Crippen LogP contribution is -2.46. The van der Waals surface area contributed by atoms with Crippen molar-refractivity contribution in [1.82, 2.24) is 0 Å². The van der Waals surface area contributed by atoms with E-state index in [9.17, 15) is 10.2 Å². The standard InChI is InChI=1S/C6H13BO4/c1-6(10)3(2-8)11-5(7)4(6)9/h3-5,8-10H,2,7H2,1H3/t3-,4+,5-,6+/m1/s1. The third-order valence-corrected chi connectivity index (χ3v) is 2.24. The van der Waals surface area contributed by atoms with Crippen LogP contribution in [0.3, 0.4) is 0 Å². The van der Waals surface area contributed by atoms with Crippen LogP contribution >= 0.6 is 0 Å². The van der Waals surface area contributed by atoms with Crippen LogP contribution in [0.1, 0.15) is 6.92 Å².